The first-order valence-corrected chi connectivity index (χ1v) is 6.44. The van der Waals surface area contributed by atoms with Crippen molar-refractivity contribution in [2.24, 2.45) is 5.41 Å². The van der Waals surface area contributed by atoms with E-state index in [-0.39, 0.29) is 6.03 Å². The number of carboxylic acid groups (broad SMARTS) is 1. The molecule has 5 nitrogen and oxygen atoms in total. The highest BCUT2D eigenvalue weighted by molar-refractivity contribution is 5.79. The summed E-state index contributed by atoms with van der Waals surface area (Å²) in [5, 5.41) is 14.6. The van der Waals surface area contributed by atoms with Crippen LogP contribution < -0.4 is 10.6 Å². The Hall–Kier alpha value is -1.26. The second-order valence-corrected chi connectivity index (χ2v) is 5.64. The highest BCUT2D eigenvalue weighted by Crippen LogP contribution is 2.30. The number of rotatable bonds is 7. The monoisotopic (exact) mass is 258 g/mol. The van der Waals surface area contributed by atoms with Crippen LogP contribution in [-0.4, -0.2) is 29.2 Å². The van der Waals surface area contributed by atoms with Gasteiger partial charge in [-0.1, -0.05) is 19.8 Å². The Kier molecular flexibility index (Phi) is 6.15. The molecule has 0 aromatic heterocycles. The van der Waals surface area contributed by atoms with Crippen LogP contribution in [0.3, 0.4) is 0 Å². The van der Waals surface area contributed by atoms with E-state index in [1.54, 1.807) is 27.7 Å². The highest BCUT2D eigenvalue weighted by atomic mass is 16.4. The van der Waals surface area contributed by atoms with Gasteiger partial charge in [0.15, 0.2) is 0 Å². The Morgan fingerprint density at radius 1 is 1.11 bits per heavy atom. The maximum atomic E-state index is 11.7. The molecule has 0 radical (unpaired) electrons. The molecule has 0 heterocycles. The molecule has 0 aliphatic carbocycles. The molecule has 0 aliphatic rings. The second kappa shape index (κ2) is 6.61. The van der Waals surface area contributed by atoms with Crippen molar-refractivity contribution in [2.45, 2.75) is 59.4 Å². The van der Waals surface area contributed by atoms with E-state index in [0.29, 0.717) is 6.54 Å². The number of carbonyl (C=O) groups excluding carboxylic acids is 1. The number of urea groups is 1. The predicted molar refractivity (Wildman–Crippen MR) is 71.6 cm³/mol. The lowest BCUT2D eigenvalue weighted by atomic mass is 9.74. The van der Waals surface area contributed by atoms with Crippen molar-refractivity contribution in [2.75, 3.05) is 6.54 Å². The molecule has 0 bridgehead atoms. The minimum Gasteiger partial charge on any atom is -0.481 e. The van der Waals surface area contributed by atoms with Gasteiger partial charge < -0.3 is 15.7 Å². The third kappa shape index (κ3) is 4.55. The number of amides is 2. The van der Waals surface area contributed by atoms with Crippen molar-refractivity contribution < 1.29 is 14.7 Å². The molecular formula is C13H26N2O3. The molecule has 0 spiro atoms. The van der Waals surface area contributed by atoms with E-state index in [9.17, 15) is 9.59 Å². The Labute approximate surface area is 109 Å². The summed E-state index contributed by atoms with van der Waals surface area (Å²) in [5.74, 6) is -0.932. The predicted octanol–water partition coefficient (Wildman–Crippen LogP) is 2.37. The van der Waals surface area contributed by atoms with E-state index in [1.165, 1.54) is 0 Å². The van der Waals surface area contributed by atoms with Crippen molar-refractivity contribution in [3.05, 3.63) is 0 Å². The molecule has 5 heteroatoms. The lowest BCUT2D eigenvalue weighted by Crippen LogP contribution is -2.59. The zero-order valence-corrected chi connectivity index (χ0v) is 12.1. The van der Waals surface area contributed by atoms with E-state index in [0.717, 1.165) is 19.3 Å². The maximum Gasteiger partial charge on any atom is 0.315 e. The highest BCUT2D eigenvalue weighted by Gasteiger charge is 2.44. The van der Waals surface area contributed by atoms with E-state index in [1.807, 2.05) is 0 Å². The van der Waals surface area contributed by atoms with Crippen LogP contribution in [0.5, 0.6) is 0 Å². The minimum absolute atomic E-state index is 0.314. The van der Waals surface area contributed by atoms with Crippen molar-refractivity contribution in [1.29, 1.82) is 0 Å². The van der Waals surface area contributed by atoms with Gasteiger partial charge in [0.1, 0.15) is 0 Å². The van der Waals surface area contributed by atoms with Gasteiger partial charge in [-0.2, -0.15) is 0 Å². The second-order valence-electron chi connectivity index (χ2n) is 5.64. The molecule has 0 atom stereocenters. The van der Waals surface area contributed by atoms with Crippen LogP contribution in [0.15, 0.2) is 0 Å². The van der Waals surface area contributed by atoms with Gasteiger partial charge >= 0.3 is 12.0 Å². The van der Waals surface area contributed by atoms with E-state index in [4.69, 9.17) is 5.11 Å². The summed E-state index contributed by atoms with van der Waals surface area (Å²) in [7, 11) is 0. The lowest BCUT2D eigenvalue weighted by Gasteiger charge is -2.38. The fraction of sp³-hybridized carbons (Fsp3) is 0.846. The van der Waals surface area contributed by atoms with Crippen LogP contribution in [0.1, 0.15) is 53.9 Å². The third-order valence-electron chi connectivity index (χ3n) is 3.59. The van der Waals surface area contributed by atoms with Crippen molar-refractivity contribution in [1.82, 2.24) is 10.6 Å². The van der Waals surface area contributed by atoms with E-state index >= 15 is 0 Å². The quantitative estimate of drug-likeness (QED) is 0.613. The first kappa shape index (κ1) is 16.7. The lowest BCUT2D eigenvalue weighted by molar-refractivity contribution is -0.150. The SMILES string of the molecule is CCCCCNC(=O)NC(C)(C)C(C)(C)C(=O)O. The Balaban J connectivity index is 4.32. The van der Waals surface area contributed by atoms with Gasteiger partial charge in [-0.25, -0.2) is 4.79 Å². The first-order valence-electron chi connectivity index (χ1n) is 6.44. The van der Waals surface area contributed by atoms with E-state index < -0.39 is 16.9 Å². The summed E-state index contributed by atoms with van der Waals surface area (Å²) in [6.07, 6.45) is 3.11. The van der Waals surface area contributed by atoms with Gasteiger partial charge in [0, 0.05) is 6.54 Å². The minimum atomic E-state index is -1.03. The number of aliphatic carboxylic acids is 1. The Morgan fingerprint density at radius 2 is 1.67 bits per heavy atom. The Bertz CT molecular complexity index is 299. The molecule has 0 aromatic carbocycles. The molecule has 18 heavy (non-hydrogen) atoms. The van der Waals surface area contributed by atoms with Gasteiger partial charge in [-0.3, -0.25) is 4.79 Å². The number of hydrogen-bond donors (Lipinski definition) is 3. The van der Waals surface area contributed by atoms with Crippen LogP contribution >= 0.6 is 0 Å². The zero-order chi connectivity index (χ0) is 14.4. The molecule has 0 saturated carbocycles. The van der Waals surface area contributed by atoms with Crippen molar-refractivity contribution in [3.8, 4) is 0 Å². The summed E-state index contributed by atoms with van der Waals surface area (Å²) < 4.78 is 0. The fourth-order valence-electron chi connectivity index (χ4n) is 1.33. The average molecular weight is 258 g/mol. The molecule has 0 fully saturated rings. The summed E-state index contributed by atoms with van der Waals surface area (Å²) >= 11 is 0. The molecule has 0 aromatic rings. The standard InChI is InChI=1S/C13H26N2O3/c1-6-7-8-9-14-11(18)15-13(4,5)12(2,3)10(16)17/h6-9H2,1-5H3,(H,16,17)(H2,14,15,18). The van der Waals surface area contributed by atoms with Gasteiger partial charge in [-0.15, -0.1) is 0 Å². The van der Waals surface area contributed by atoms with Crippen LogP contribution in [-0.2, 0) is 4.79 Å². The normalized spacial score (nSPS) is 12.1. The van der Waals surface area contributed by atoms with Crippen LogP contribution in [0, 0.1) is 5.41 Å². The zero-order valence-electron chi connectivity index (χ0n) is 12.1. The smallest absolute Gasteiger partial charge is 0.315 e. The first-order chi connectivity index (χ1) is 8.15. The average Bonchev–Trinajstić information content (AvgIpc) is 2.23. The van der Waals surface area contributed by atoms with Crippen molar-refractivity contribution >= 4 is 12.0 Å². The molecule has 0 aliphatic heterocycles. The third-order valence-corrected chi connectivity index (χ3v) is 3.59. The number of carboxylic acids is 1. The van der Waals surface area contributed by atoms with Gasteiger partial charge in [0.2, 0.25) is 0 Å². The molecule has 3 N–H and O–H groups in total. The number of unbranched alkanes of at least 4 members (excludes halogenated alkanes) is 2. The molecule has 0 unspecified atom stereocenters. The van der Waals surface area contributed by atoms with Crippen LogP contribution in [0.25, 0.3) is 0 Å². The van der Waals surface area contributed by atoms with Gasteiger partial charge in [0.25, 0.3) is 0 Å². The van der Waals surface area contributed by atoms with Crippen LogP contribution in [0.2, 0.25) is 0 Å². The topological polar surface area (TPSA) is 78.4 Å². The van der Waals surface area contributed by atoms with E-state index in [2.05, 4.69) is 17.6 Å². The Morgan fingerprint density at radius 3 is 2.11 bits per heavy atom. The molecule has 2 amide bonds. The molecule has 0 saturated heterocycles. The molecule has 0 rings (SSSR count). The maximum absolute atomic E-state index is 11.7. The molecular weight excluding hydrogens is 232 g/mol. The van der Waals surface area contributed by atoms with Gasteiger partial charge in [-0.05, 0) is 34.1 Å². The summed E-state index contributed by atoms with van der Waals surface area (Å²) in [6.45, 7) is 9.35. The largest absolute Gasteiger partial charge is 0.481 e. The summed E-state index contributed by atoms with van der Waals surface area (Å²) in [5.41, 5.74) is -1.86. The number of hydrogen-bond acceptors (Lipinski definition) is 2. The molecule has 106 valence electrons. The van der Waals surface area contributed by atoms with Crippen molar-refractivity contribution in [3.63, 3.8) is 0 Å². The number of nitrogens with one attached hydrogen (secondary N) is 2. The van der Waals surface area contributed by atoms with Crippen LogP contribution in [0.4, 0.5) is 4.79 Å². The van der Waals surface area contributed by atoms with Gasteiger partial charge in [0.05, 0.1) is 11.0 Å². The fourth-order valence-corrected chi connectivity index (χ4v) is 1.33. The summed E-state index contributed by atoms with van der Waals surface area (Å²) in [6, 6.07) is -0.314. The number of carbonyl (C=O) groups is 2. The summed E-state index contributed by atoms with van der Waals surface area (Å²) in [4.78, 5) is 22.9.